The number of hydrogen-bond acceptors (Lipinski definition) is 4. The second-order valence-corrected chi connectivity index (χ2v) is 8.86. The number of anilines is 1. The van der Waals surface area contributed by atoms with Gasteiger partial charge in [0.05, 0.1) is 18.2 Å². The molecule has 0 radical (unpaired) electrons. The summed E-state index contributed by atoms with van der Waals surface area (Å²) in [6.45, 7) is 4.48. The summed E-state index contributed by atoms with van der Waals surface area (Å²) >= 11 is 0. The molecule has 0 saturated carbocycles. The second-order valence-electron chi connectivity index (χ2n) is 8.86. The Labute approximate surface area is 210 Å². The lowest BCUT2D eigenvalue weighted by Gasteiger charge is -2.25. The molecule has 0 bridgehead atoms. The Kier molecular flexibility index (Phi) is 6.10. The Bertz CT molecular complexity index is 1480. The van der Waals surface area contributed by atoms with Gasteiger partial charge in [-0.2, -0.15) is 0 Å². The fourth-order valence-electron chi connectivity index (χ4n) is 4.91. The number of aromatic nitrogens is 1. The number of hydrogen-bond donors (Lipinski definition) is 1. The van der Waals surface area contributed by atoms with Crippen LogP contribution in [0.2, 0.25) is 0 Å². The Morgan fingerprint density at radius 3 is 2.31 bits per heavy atom. The van der Waals surface area contributed by atoms with Crippen LogP contribution in [0.25, 0.3) is 16.7 Å². The maximum atomic E-state index is 13.5. The van der Waals surface area contributed by atoms with Crippen molar-refractivity contribution in [2.24, 2.45) is 7.05 Å². The van der Waals surface area contributed by atoms with E-state index in [-0.39, 0.29) is 11.3 Å². The van der Waals surface area contributed by atoms with E-state index in [0.29, 0.717) is 23.6 Å². The van der Waals surface area contributed by atoms with Crippen molar-refractivity contribution in [2.45, 2.75) is 26.3 Å². The molecule has 1 aromatic heterocycles. The number of rotatable bonds is 6. The van der Waals surface area contributed by atoms with Crippen LogP contribution >= 0.6 is 0 Å². The molecule has 1 aliphatic rings. The number of benzene rings is 3. The number of ketones is 1. The highest BCUT2D eigenvalue weighted by atomic mass is 16.5. The van der Waals surface area contributed by atoms with Crippen molar-refractivity contribution in [3.8, 4) is 5.75 Å². The van der Waals surface area contributed by atoms with Crippen LogP contribution in [0, 0.1) is 0 Å². The van der Waals surface area contributed by atoms with Gasteiger partial charge in [0.15, 0.2) is 0 Å². The number of para-hydroxylation sites is 1. The zero-order valence-electron chi connectivity index (χ0n) is 20.6. The van der Waals surface area contributed by atoms with Crippen LogP contribution in [0.5, 0.6) is 5.75 Å². The lowest BCUT2D eigenvalue weighted by molar-refractivity contribution is -0.132. The first-order valence-electron chi connectivity index (χ1n) is 12.1. The van der Waals surface area contributed by atoms with Crippen LogP contribution in [0.1, 0.15) is 36.6 Å². The van der Waals surface area contributed by atoms with E-state index in [2.05, 4.69) is 6.92 Å². The van der Waals surface area contributed by atoms with E-state index in [0.717, 1.165) is 28.5 Å². The van der Waals surface area contributed by atoms with Crippen molar-refractivity contribution in [3.63, 3.8) is 0 Å². The van der Waals surface area contributed by atoms with Crippen molar-refractivity contribution >= 4 is 34.0 Å². The standard InChI is InChI=1S/C30H28N2O4/c1-4-19-10-14-21(15-11-19)32-27(24-18-31(3)25-9-7-6-8-23(24)25)26(29(34)30(32)35)28(33)20-12-16-22(17-13-20)36-5-2/h6-18,27,33H,4-5H2,1-3H3/b28-26+. The minimum Gasteiger partial charge on any atom is -0.507 e. The molecule has 1 atom stereocenters. The molecular weight excluding hydrogens is 452 g/mol. The van der Waals surface area contributed by atoms with Crippen LogP contribution < -0.4 is 9.64 Å². The lowest BCUT2D eigenvalue weighted by atomic mass is 9.94. The van der Waals surface area contributed by atoms with E-state index in [4.69, 9.17) is 4.74 Å². The Balaban J connectivity index is 1.73. The van der Waals surface area contributed by atoms with Gasteiger partial charge in [-0.15, -0.1) is 0 Å². The van der Waals surface area contributed by atoms with Gasteiger partial charge < -0.3 is 14.4 Å². The predicted molar refractivity (Wildman–Crippen MR) is 141 cm³/mol. The molecule has 6 heteroatoms. The number of carbonyl (C=O) groups excluding carboxylic acids is 2. The molecule has 1 unspecified atom stereocenters. The molecule has 36 heavy (non-hydrogen) atoms. The van der Waals surface area contributed by atoms with Crippen molar-refractivity contribution in [1.82, 2.24) is 4.57 Å². The highest BCUT2D eigenvalue weighted by Gasteiger charge is 2.47. The molecule has 0 aliphatic carbocycles. The SMILES string of the molecule is CCOc1ccc(/C(O)=C2\C(=O)C(=O)N(c3ccc(CC)cc3)C2c2cn(C)c3ccccc23)cc1. The topological polar surface area (TPSA) is 71.8 Å². The quantitative estimate of drug-likeness (QED) is 0.216. The van der Waals surface area contributed by atoms with Crippen LogP contribution in [0.3, 0.4) is 0 Å². The fourth-order valence-corrected chi connectivity index (χ4v) is 4.91. The number of ether oxygens (including phenoxy) is 1. The third-order valence-electron chi connectivity index (χ3n) is 6.73. The summed E-state index contributed by atoms with van der Waals surface area (Å²) < 4.78 is 7.48. The number of aliphatic hydroxyl groups excluding tert-OH is 1. The Hall–Kier alpha value is -4.32. The van der Waals surface area contributed by atoms with E-state index in [9.17, 15) is 14.7 Å². The van der Waals surface area contributed by atoms with Crippen molar-refractivity contribution in [1.29, 1.82) is 0 Å². The van der Waals surface area contributed by atoms with E-state index in [1.165, 1.54) is 4.90 Å². The van der Waals surface area contributed by atoms with E-state index >= 15 is 0 Å². The van der Waals surface area contributed by atoms with Crippen LogP contribution in [-0.2, 0) is 23.1 Å². The zero-order chi connectivity index (χ0) is 25.4. The normalized spacial score (nSPS) is 17.2. The first kappa shape index (κ1) is 23.4. The van der Waals surface area contributed by atoms with Crippen molar-refractivity contribution in [3.05, 3.63) is 101 Å². The molecule has 6 nitrogen and oxygen atoms in total. The van der Waals surface area contributed by atoms with Gasteiger partial charge in [0.1, 0.15) is 11.5 Å². The van der Waals surface area contributed by atoms with Gasteiger partial charge in [-0.25, -0.2) is 0 Å². The van der Waals surface area contributed by atoms with Gasteiger partial charge in [-0.1, -0.05) is 37.3 Å². The van der Waals surface area contributed by atoms with Gasteiger partial charge in [-0.05, 0) is 61.4 Å². The molecular formula is C30H28N2O4. The number of carbonyl (C=O) groups is 2. The molecule has 5 rings (SSSR count). The fraction of sp³-hybridized carbons (Fsp3) is 0.200. The van der Waals surface area contributed by atoms with Crippen LogP contribution in [0.15, 0.2) is 84.6 Å². The molecule has 0 spiro atoms. The average Bonchev–Trinajstić information content (AvgIpc) is 3.37. The largest absolute Gasteiger partial charge is 0.507 e. The number of aryl methyl sites for hydroxylation is 2. The summed E-state index contributed by atoms with van der Waals surface area (Å²) in [5.74, 6) is -0.915. The molecule has 2 heterocycles. The maximum Gasteiger partial charge on any atom is 0.300 e. The van der Waals surface area contributed by atoms with Gasteiger partial charge >= 0.3 is 0 Å². The molecule has 1 aliphatic heterocycles. The van der Waals surface area contributed by atoms with E-state index in [1.807, 2.05) is 73.3 Å². The lowest BCUT2D eigenvalue weighted by Crippen LogP contribution is -2.29. The molecule has 1 amide bonds. The smallest absolute Gasteiger partial charge is 0.300 e. The Morgan fingerprint density at radius 2 is 1.64 bits per heavy atom. The van der Waals surface area contributed by atoms with Crippen LogP contribution in [0.4, 0.5) is 5.69 Å². The van der Waals surface area contributed by atoms with Gasteiger partial charge in [0, 0.05) is 41.0 Å². The van der Waals surface area contributed by atoms with Crippen molar-refractivity contribution < 1.29 is 19.4 Å². The van der Waals surface area contributed by atoms with Gasteiger partial charge in [-0.3, -0.25) is 14.5 Å². The van der Waals surface area contributed by atoms with E-state index < -0.39 is 17.7 Å². The summed E-state index contributed by atoms with van der Waals surface area (Å²) in [4.78, 5) is 28.5. The Morgan fingerprint density at radius 1 is 0.944 bits per heavy atom. The zero-order valence-corrected chi connectivity index (χ0v) is 20.6. The molecule has 182 valence electrons. The molecule has 1 saturated heterocycles. The summed E-state index contributed by atoms with van der Waals surface area (Å²) in [6.07, 6.45) is 2.80. The number of aliphatic hydroxyl groups is 1. The highest BCUT2D eigenvalue weighted by Crippen LogP contribution is 2.44. The summed E-state index contributed by atoms with van der Waals surface area (Å²) in [6, 6.07) is 21.6. The predicted octanol–water partition coefficient (Wildman–Crippen LogP) is 5.77. The summed E-state index contributed by atoms with van der Waals surface area (Å²) in [5.41, 5.74) is 4.01. The molecule has 1 fully saturated rings. The first-order valence-corrected chi connectivity index (χ1v) is 12.1. The third-order valence-corrected chi connectivity index (χ3v) is 6.73. The minimum atomic E-state index is -0.782. The minimum absolute atomic E-state index is 0.0695. The van der Waals surface area contributed by atoms with Gasteiger partial charge in [0.2, 0.25) is 0 Å². The first-order chi connectivity index (χ1) is 17.4. The third kappa shape index (κ3) is 3.85. The molecule has 1 N–H and O–H groups in total. The van der Waals surface area contributed by atoms with Gasteiger partial charge in [0.25, 0.3) is 11.7 Å². The second kappa shape index (κ2) is 9.38. The molecule has 3 aromatic carbocycles. The average molecular weight is 481 g/mol. The maximum absolute atomic E-state index is 13.5. The number of nitrogens with zero attached hydrogens (tertiary/aromatic N) is 2. The number of Topliss-reactive ketones (excluding diaryl/α,β-unsaturated/α-hetero) is 1. The van der Waals surface area contributed by atoms with E-state index in [1.54, 1.807) is 24.3 Å². The number of amides is 1. The monoisotopic (exact) mass is 480 g/mol. The van der Waals surface area contributed by atoms with Crippen LogP contribution in [-0.4, -0.2) is 28.0 Å². The highest BCUT2D eigenvalue weighted by molar-refractivity contribution is 6.51. The summed E-state index contributed by atoms with van der Waals surface area (Å²) in [5, 5.41) is 12.3. The van der Waals surface area contributed by atoms with Crippen molar-refractivity contribution in [2.75, 3.05) is 11.5 Å². The summed E-state index contributed by atoms with van der Waals surface area (Å²) in [7, 11) is 1.93. The molecule has 4 aromatic rings. The number of fused-ring (bicyclic) bond motifs is 1.